The minimum atomic E-state index is -0.00288. The fourth-order valence-corrected chi connectivity index (χ4v) is 3.49. The molecule has 5 heteroatoms. The Balaban J connectivity index is 1.24. The van der Waals surface area contributed by atoms with E-state index in [1.54, 1.807) is 18.4 Å². The zero-order chi connectivity index (χ0) is 17.8. The van der Waals surface area contributed by atoms with Crippen LogP contribution in [0.1, 0.15) is 22.5 Å². The van der Waals surface area contributed by atoms with Gasteiger partial charge in [-0.25, -0.2) is 0 Å². The van der Waals surface area contributed by atoms with Gasteiger partial charge in [0.1, 0.15) is 0 Å². The lowest BCUT2D eigenvalue weighted by molar-refractivity contribution is 0.0605. The number of pyridine rings is 1. The molecule has 1 amide bonds. The molecule has 134 valence electrons. The number of piperazine rings is 1. The highest BCUT2D eigenvalue weighted by molar-refractivity contribution is 5.91. The second kappa shape index (κ2) is 7.70. The second-order valence-electron chi connectivity index (χ2n) is 6.75. The van der Waals surface area contributed by atoms with Crippen LogP contribution in [-0.4, -0.2) is 53.4 Å². The Bertz CT molecular complexity index is 868. The molecule has 1 aromatic carbocycles. The maximum atomic E-state index is 12.3. The van der Waals surface area contributed by atoms with E-state index in [1.165, 1.54) is 10.9 Å². The normalized spacial score (nSPS) is 15.5. The Labute approximate surface area is 153 Å². The number of aryl methyl sites for hydroxylation is 1. The number of benzene rings is 1. The van der Waals surface area contributed by atoms with Crippen LogP contribution in [0.15, 0.2) is 59.3 Å². The van der Waals surface area contributed by atoms with Crippen molar-refractivity contribution in [3.05, 3.63) is 66.2 Å². The van der Waals surface area contributed by atoms with Crippen molar-refractivity contribution >= 4 is 16.8 Å². The van der Waals surface area contributed by atoms with E-state index < -0.39 is 0 Å². The predicted molar refractivity (Wildman–Crippen MR) is 101 cm³/mol. The number of aromatic nitrogens is 1. The number of carbonyl (C=O) groups excluding carboxylic acids is 1. The van der Waals surface area contributed by atoms with Crippen molar-refractivity contribution in [1.82, 2.24) is 14.8 Å². The van der Waals surface area contributed by atoms with Gasteiger partial charge in [0.25, 0.3) is 5.91 Å². The molecule has 0 atom stereocenters. The van der Waals surface area contributed by atoms with Crippen LogP contribution < -0.4 is 0 Å². The molecule has 0 unspecified atom stereocenters. The lowest BCUT2D eigenvalue weighted by Crippen LogP contribution is -2.48. The Morgan fingerprint density at radius 2 is 1.92 bits per heavy atom. The maximum Gasteiger partial charge on any atom is 0.289 e. The van der Waals surface area contributed by atoms with E-state index >= 15 is 0 Å². The minimum Gasteiger partial charge on any atom is -0.459 e. The summed E-state index contributed by atoms with van der Waals surface area (Å²) in [5.74, 6) is 0.430. The highest BCUT2D eigenvalue weighted by atomic mass is 16.3. The van der Waals surface area contributed by atoms with Crippen molar-refractivity contribution in [2.75, 3.05) is 32.7 Å². The summed E-state index contributed by atoms with van der Waals surface area (Å²) in [6, 6.07) is 14.0. The lowest BCUT2D eigenvalue weighted by Gasteiger charge is -2.34. The van der Waals surface area contributed by atoms with Gasteiger partial charge in [-0.15, -0.1) is 0 Å². The fourth-order valence-electron chi connectivity index (χ4n) is 3.49. The molecule has 1 aliphatic heterocycles. The first-order valence-electron chi connectivity index (χ1n) is 9.18. The summed E-state index contributed by atoms with van der Waals surface area (Å²) in [5.41, 5.74) is 2.34. The first kappa shape index (κ1) is 16.8. The van der Waals surface area contributed by atoms with Gasteiger partial charge in [-0.2, -0.15) is 0 Å². The summed E-state index contributed by atoms with van der Waals surface area (Å²) in [5, 5.41) is 1.20. The molecule has 0 saturated carbocycles. The van der Waals surface area contributed by atoms with E-state index in [0.717, 1.165) is 51.1 Å². The number of hydrogen-bond donors (Lipinski definition) is 0. The zero-order valence-electron chi connectivity index (χ0n) is 14.8. The predicted octanol–water partition coefficient (Wildman–Crippen LogP) is 3.22. The molecule has 26 heavy (non-hydrogen) atoms. The van der Waals surface area contributed by atoms with Crippen molar-refractivity contribution in [2.24, 2.45) is 0 Å². The van der Waals surface area contributed by atoms with E-state index in [4.69, 9.17) is 4.42 Å². The summed E-state index contributed by atoms with van der Waals surface area (Å²) in [6.07, 6.45) is 5.67. The molecule has 2 aromatic heterocycles. The Morgan fingerprint density at radius 1 is 1.08 bits per heavy atom. The fraction of sp³-hybridized carbons (Fsp3) is 0.333. The summed E-state index contributed by atoms with van der Waals surface area (Å²) in [4.78, 5) is 21.1. The van der Waals surface area contributed by atoms with Crippen molar-refractivity contribution in [3.63, 3.8) is 0 Å². The number of carbonyl (C=O) groups is 1. The number of fused-ring (bicyclic) bond motifs is 1. The SMILES string of the molecule is O=C(c1ccco1)N1CCN(CCCc2cnc3ccccc3c2)CC1. The molecular weight excluding hydrogens is 326 g/mol. The van der Waals surface area contributed by atoms with Gasteiger partial charge in [0.2, 0.25) is 0 Å². The number of rotatable bonds is 5. The molecule has 1 aliphatic rings. The average Bonchev–Trinajstić information content (AvgIpc) is 3.23. The summed E-state index contributed by atoms with van der Waals surface area (Å²) < 4.78 is 5.21. The van der Waals surface area contributed by atoms with E-state index in [9.17, 15) is 4.79 Å². The summed E-state index contributed by atoms with van der Waals surface area (Å²) in [6.45, 7) is 4.41. The topological polar surface area (TPSA) is 49.6 Å². The second-order valence-corrected chi connectivity index (χ2v) is 6.75. The highest BCUT2D eigenvalue weighted by Gasteiger charge is 2.23. The number of para-hydroxylation sites is 1. The summed E-state index contributed by atoms with van der Waals surface area (Å²) >= 11 is 0. The van der Waals surface area contributed by atoms with Gasteiger partial charge in [-0.05, 0) is 49.2 Å². The molecule has 3 heterocycles. The Kier molecular flexibility index (Phi) is 4.97. The summed E-state index contributed by atoms with van der Waals surface area (Å²) in [7, 11) is 0. The van der Waals surface area contributed by atoms with Crippen molar-refractivity contribution in [2.45, 2.75) is 12.8 Å². The van der Waals surface area contributed by atoms with Crippen LogP contribution in [0.3, 0.4) is 0 Å². The molecule has 5 nitrogen and oxygen atoms in total. The largest absolute Gasteiger partial charge is 0.459 e. The number of furan rings is 1. The monoisotopic (exact) mass is 349 g/mol. The van der Waals surface area contributed by atoms with Gasteiger partial charge in [0.15, 0.2) is 5.76 Å². The minimum absolute atomic E-state index is 0.00288. The van der Waals surface area contributed by atoms with Crippen LogP contribution in [0.4, 0.5) is 0 Å². The van der Waals surface area contributed by atoms with Crippen LogP contribution in [0.5, 0.6) is 0 Å². The van der Waals surface area contributed by atoms with Crippen LogP contribution in [0.2, 0.25) is 0 Å². The molecule has 1 fully saturated rings. The molecule has 0 spiro atoms. The number of nitrogens with zero attached hydrogens (tertiary/aromatic N) is 3. The third kappa shape index (κ3) is 3.78. The van der Waals surface area contributed by atoms with Gasteiger partial charge < -0.3 is 9.32 Å². The van der Waals surface area contributed by atoms with Gasteiger partial charge in [-0.1, -0.05) is 18.2 Å². The Morgan fingerprint density at radius 3 is 2.73 bits per heavy atom. The quantitative estimate of drug-likeness (QED) is 0.710. The number of hydrogen-bond acceptors (Lipinski definition) is 4. The third-order valence-electron chi connectivity index (χ3n) is 4.98. The van der Waals surface area contributed by atoms with E-state index in [-0.39, 0.29) is 5.91 Å². The maximum absolute atomic E-state index is 12.3. The molecule has 4 rings (SSSR count). The standard InChI is InChI=1S/C21H23N3O2/c25-21(20-8-4-14-26-20)24-12-10-23(11-13-24)9-3-5-17-15-18-6-1-2-7-19(18)22-16-17/h1-2,4,6-8,14-16H,3,5,9-13H2. The van der Waals surface area contributed by atoms with E-state index in [2.05, 4.69) is 28.1 Å². The third-order valence-corrected chi connectivity index (χ3v) is 4.98. The highest BCUT2D eigenvalue weighted by Crippen LogP contribution is 2.14. The van der Waals surface area contributed by atoms with Gasteiger partial charge in [0.05, 0.1) is 11.8 Å². The van der Waals surface area contributed by atoms with Crippen LogP contribution >= 0.6 is 0 Å². The van der Waals surface area contributed by atoms with Crippen LogP contribution in [0.25, 0.3) is 10.9 Å². The molecule has 0 N–H and O–H groups in total. The first-order chi connectivity index (χ1) is 12.8. The van der Waals surface area contributed by atoms with Crippen molar-refractivity contribution in [3.8, 4) is 0 Å². The van der Waals surface area contributed by atoms with Crippen LogP contribution in [-0.2, 0) is 6.42 Å². The molecule has 0 bridgehead atoms. The zero-order valence-corrected chi connectivity index (χ0v) is 14.8. The molecular formula is C21H23N3O2. The molecule has 3 aromatic rings. The van der Waals surface area contributed by atoms with Gasteiger partial charge in [0, 0.05) is 37.8 Å². The Hall–Kier alpha value is -2.66. The molecule has 0 aliphatic carbocycles. The van der Waals surface area contributed by atoms with Crippen molar-refractivity contribution < 1.29 is 9.21 Å². The number of amides is 1. The van der Waals surface area contributed by atoms with Gasteiger partial charge >= 0.3 is 0 Å². The average molecular weight is 349 g/mol. The van der Waals surface area contributed by atoms with E-state index in [0.29, 0.717) is 5.76 Å². The molecule has 0 radical (unpaired) electrons. The van der Waals surface area contributed by atoms with Crippen molar-refractivity contribution in [1.29, 1.82) is 0 Å². The van der Waals surface area contributed by atoms with Crippen LogP contribution in [0, 0.1) is 0 Å². The first-order valence-corrected chi connectivity index (χ1v) is 9.18. The van der Waals surface area contributed by atoms with Gasteiger partial charge in [-0.3, -0.25) is 14.7 Å². The molecule has 1 saturated heterocycles. The smallest absolute Gasteiger partial charge is 0.289 e. The lowest BCUT2D eigenvalue weighted by atomic mass is 10.1. The van der Waals surface area contributed by atoms with E-state index in [1.807, 2.05) is 23.2 Å².